The Bertz CT molecular complexity index is 504. The van der Waals surface area contributed by atoms with Crippen molar-refractivity contribution in [3.63, 3.8) is 0 Å². The second-order valence-corrected chi connectivity index (χ2v) is 3.20. The van der Waals surface area contributed by atoms with E-state index in [0.717, 1.165) is 0 Å². The topological polar surface area (TPSA) is 94.0 Å². The summed E-state index contributed by atoms with van der Waals surface area (Å²) in [6, 6.07) is 3.26. The minimum atomic E-state index is -0.382. The third-order valence-corrected chi connectivity index (χ3v) is 1.98. The number of nitrogens with two attached hydrogens (primary N) is 1. The van der Waals surface area contributed by atoms with E-state index < -0.39 is 0 Å². The fourth-order valence-corrected chi connectivity index (χ4v) is 1.17. The second-order valence-electron chi connectivity index (χ2n) is 3.20. The lowest BCUT2D eigenvalue weighted by Crippen LogP contribution is -2.13. The minimum Gasteiger partial charge on any atom is -0.438 e. The Hall–Kier alpha value is -2.37. The molecule has 0 spiro atoms. The van der Waals surface area contributed by atoms with Crippen molar-refractivity contribution >= 4 is 17.4 Å². The average Bonchev–Trinajstić information content (AvgIpc) is 2.68. The third-order valence-electron chi connectivity index (χ3n) is 1.98. The van der Waals surface area contributed by atoms with Gasteiger partial charge in [0, 0.05) is 0 Å². The molecule has 2 aromatic rings. The van der Waals surface area contributed by atoms with Crippen LogP contribution in [0.4, 0.5) is 11.5 Å². The van der Waals surface area contributed by atoms with Crippen LogP contribution in [0.5, 0.6) is 0 Å². The van der Waals surface area contributed by atoms with E-state index in [4.69, 9.17) is 10.2 Å². The standard InChI is InChI=1S/C10H10N4O2/c1-6-9(16-5-13-6)10(15)14-8-3-2-7(11)4-12-8/h2-5H,11H2,1H3,(H,12,14,15). The monoisotopic (exact) mass is 218 g/mol. The molecule has 0 aromatic carbocycles. The zero-order valence-electron chi connectivity index (χ0n) is 8.60. The molecule has 1 amide bonds. The van der Waals surface area contributed by atoms with E-state index in [-0.39, 0.29) is 11.7 Å². The van der Waals surface area contributed by atoms with Crippen LogP contribution in [-0.4, -0.2) is 15.9 Å². The summed E-state index contributed by atoms with van der Waals surface area (Å²) in [7, 11) is 0. The van der Waals surface area contributed by atoms with Crippen LogP contribution in [0.25, 0.3) is 0 Å². The van der Waals surface area contributed by atoms with Gasteiger partial charge in [-0.05, 0) is 19.1 Å². The fraction of sp³-hybridized carbons (Fsp3) is 0.100. The number of hydrogen-bond acceptors (Lipinski definition) is 5. The SMILES string of the molecule is Cc1ncoc1C(=O)Nc1ccc(N)cn1. The molecule has 82 valence electrons. The van der Waals surface area contributed by atoms with Crippen LogP contribution < -0.4 is 11.1 Å². The number of carbonyl (C=O) groups excluding carboxylic acids is 1. The number of nitrogens with one attached hydrogen (secondary N) is 1. The maximum absolute atomic E-state index is 11.7. The molecule has 0 radical (unpaired) electrons. The van der Waals surface area contributed by atoms with Crippen molar-refractivity contribution in [1.29, 1.82) is 0 Å². The summed E-state index contributed by atoms with van der Waals surface area (Å²) in [5.41, 5.74) is 6.54. The van der Waals surface area contributed by atoms with Crippen molar-refractivity contribution in [1.82, 2.24) is 9.97 Å². The number of nitrogens with zero attached hydrogens (tertiary/aromatic N) is 2. The number of carbonyl (C=O) groups is 1. The predicted molar refractivity (Wildman–Crippen MR) is 57.8 cm³/mol. The Morgan fingerprint density at radius 3 is 2.81 bits per heavy atom. The van der Waals surface area contributed by atoms with E-state index in [1.54, 1.807) is 19.1 Å². The molecule has 6 nitrogen and oxygen atoms in total. The van der Waals surface area contributed by atoms with Crippen LogP contribution in [0.1, 0.15) is 16.2 Å². The van der Waals surface area contributed by atoms with Crippen LogP contribution in [0.2, 0.25) is 0 Å². The van der Waals surface area contributed by atoms with Crippen molar-refractivity contribution in [2.45, 2.75) is 6.92 Å². The smallest absolute Gasteiger partial charge is 0.294 e. The van der Waals surface area contributed by atoms with Gasteiger partial charge < -0.3 is 15.5 Å². The number of rotatable bonds is 2. The van der Waals surface area contributed by atoms with Crippen LogP contribution >= 0.6 is 0 Å². The zero-order valence-corrected chi connectivity index (χ0v) is 8.60. The Kier molecular flexibility index (Phi) is 2.55. The number of hydrogen-bond donors (Lipinski definition) is 2. The molecule has 2 heterocycles. The minimum absolute atomic E-state index is 0.179. The molecular formula is C10H10N4O2. The van der Waals surface area contributed by atoms with Gasteiger partial charge in [-0.25, -0.2) is 9.97 Å². The van der Waals surface area contributed by atoms with Crippen LogP contribution in [-0.2, 0) is 0 Å². The van der Waals surface area contributed by atoms with E-state index in [1.807, 2.05) is 0 Å². The molecule has 0 aliphatic carbocycles. The second kappa shape index (κ2) is 4.01. The molecule has 16 heavy (non-hydrogen) atoms. The van der Waals surface area contributed by atoms with Gasteiger partial charge in [0.05, 0.1) is 17.6 Å². The number of aryl methyl sites for hydroxylation is 1. The van der Waals surface area contributed by atoms with Crippen LogP contribution in [0.15, 0.2) is 29.1 Å². The maximum Gasteiger partial charge on any atom is 0.294 e. The van der Waals surface area contributed by atoms with Gasteiger partial charge in [0.25, 0.3) is 5.91 Å². The zero-order chi connectivity index (χ0) is 11.5. The van der Waals surface area contributed by atoms with E-state index in [2.05, 4.69) is 15.3 Å². The van der Waals surface area contributed by atoms with E-state index in [1.165, 1.54) is 12.6 Å². The molecule has 0 bridgehead atoms. The van der Waals surface area contributed by atoms with Gasteiger partial charge in [-0.2, -0.15) is 0 Å². The first-order chi connectivity index (χ1) is 7.66. The van der Waals surface area contributed by atoms with Crippen molar-refractivity contribution in [3.05, 3.63) is 36.2 Å². The molecule has 6 heteroatoms. The average molecular weight is 218 g/mol. The summed E-state index contributed by atoms with van der Waals surface area (Å²) in [4.78, 5) is 19.4. The number of oxazole rings is 1. The highest BCUT2D eigenvalue weighted by atomic mass is 16.3. The highest BCUT2D eigenvalue weighted by molar-refractivity contribution is 6.02. The number of pyridine rings is 1. The number of anilines is 2. The summed E-state index contributed by atoms with van der Waals surface area (Å²) in [5, 5.41) is 2.57. The van der Waals surface area contributed by atoms with Gasteiger partial charge in [-0.15, -0.1) is 0 Å². The van der Waals surface area contributed by atoms with Gasteiger partial charge in [0.1, 0.15) is 5.82 Å². The van der Waals surface area contributed by atoms with Gasteiger partial charge in [0.15, 0.2) is 6.39 Å². The quantitative estimate of drug-likeness (QED) is 0.790. The Morgan fingerprint density at radius 1 is 1.44 bits per heavy atom. The largest absolute Gasteiger partial charge is 0.438 e. The van der Waals surface area contributed by atoms with Crippen LogP contribution in [0, 0.1) is 6.92 Å². The molecule has 2 aromatic heterocycles. The molecule has 2 rings (SSSR count). The summed E-state index contributed by atoms with van der Waals surface area (Å²) in [6.07, 6.45) is 2.68. The van der Waals surface area contributed by atoms with E-state index >= 15 is 0 Å². The van der Waals surface area contributed by atoms with Gasteiger partial charge in [-0.3, -0.25) is 4.79 Å². The number of amides is 1. The molecule has 0 aliphatic heterocycles. The summed E-state index contributed by atoms with van der Waals surface area (Å²) in [6.45, 7) is 1.69. The Labute approximate surface area is 91.5 Å². The lowest BCUT2D eigenvalue weighted by atomic mass is 10.3. The lowest BCUT2D eigenvalue weighted by molar-refractivity contribution is 0.0995. The number of nitrogen functional groups attached to an aromatic ring is 1. The first-order valence-electron chi connectivity index (χ1n) is 4.60. The fourth-order valence-electron chi connectivity index (χ4n) is 1.17. The Morgan fingerprint density at radius 2 is 2.25 bits per heavy atom. The maximum atomic E-state index is 11.7. The molecule has 0 saturated heterocycles. The molecule has 0 atom stereocenters. The van der Waals surface area contributed by atoms with Crippen molar-refractivity contribution in [2.75, 3.05) is 11.1 Å². The predicted octanol–water partition coefficient (Wildman–Crippen LogP) is 1.21. The highest BCUT2D eigenvalue weighted by Crippen LogP contribution is 2.10. The van der Waals surface area contributed by atoms with Crippen molar-refractivity contribution in [2.24, 2.45) is 0 Å². The van der Waals surface area contributed by atoms with Crippen molar-refractivity contribution < 1.29 is 9.21 Å². The van der Waals surface area contributed by atoms with E-state index in [9.17, 15) is 4.79 Å². The summed E-state index contributed by atoms with van der Waals surface area (Å²) >= 11 is 0. The molecule has 0 saturated carbocycles. The molecule has 0 aliphatic rings. The molecule has 3 N–H and O–H groups in total. The number of aromatic nitrogens is 2. The summed E-state index contributed by atoms with van der Waals surface area (Å²) in [5.74, 6) is 0.209. The first-order valence-corrected chi connectivity index (χ1v) is 4.60. The van der Waals surface area contributed by atoms with Crippen LogP contribution in [0.3, 0.4) is 0 Å². The third kappa shape index (κ3) is 2.00. The lowest BCUT2D eigenvalue weighted by Gasteiger charge is -2.02. The van der Waals surface area contributed by atoms with Gasteiger partial charge in [0.2, 0.25) is 5.76 Å². The molecular weight excluding hydrogens is 208 g/mol. The van der Waals surface area contributed by atoms with Crippen molar-refractivity contribution in [3.8, 4) is 0 Å². The van der Waals surface area contributed by atoms with Gasteiger partial charge >= 0.3 is 0 Å². The highest BCUT2D eigenvalue weighted by Gasteiger charge is 2.14. The Balaban J connectivity index is 2.14. The molecule has 0 fully saturated rings. The summed E-state index contributed by atoms with van der Waals surface area (Å²) < 4.78 is 4.95. The van der Waals surface area contributed by atoms with E-state index in [0.29, 0.717) is 17.2 Å². The van der Waals surface area contributed by atoms with Gasteiger partial charge in [-0.1, -0.05) is 0 Å². The first kappa shape index (κ1) is 10.2. The normalized spacial score (nSPS) is 10.1. The molecule has 0 unspecified atom stereocenters.